The zero-order valence-electron chi connectivity index (χ0n) is 10.6. The van der Waals surface area contributed by atoms with E-state index in [9.17, 15) is 4.79 Å². The highest BCUT2D eigenvalue weighted by atomic mass is 79.9. The number of carboxylic acid groups (broad SMARTS) is 1. The fourth-order valence-electron chi connectivity index (χ4n) is 2.36. The van der Waals surface area contributed by atoms with Crippen LogP contribution in [0, 0.1) is 0 Å². The van der Waals surface area contributed by atoms with Crippen molar-refractivity contribution in [2.24, 2.45) is 0 Å². The predicted molar refractivity (Wildman–Crippen MR) is 76.9 cm³/mol. The molecule has 0 saturated carbocycles. The van der Waals surface area contributed by atoms with Gasteiger partial charge >= 0.3 is 5.97 Å². The van der Waals surface area contributed by atoms with Gasteiger partial charge in [-0.3, -0.25) is 4.79 Å². The number of fused-ring (bicyclic) bond motifs is 1. The van der Waals surface area contributed by atoms with Crippen molar-refractivity contribution in [2.45, 2.75) is 19.3 Å². The second kappa shape index (κ2) is 5.28. The molecule has 0 atom stereocenters. The number of imidazole rings is 1. The molecule has 20 heavy (non-hydrogen) atoms. The van der Waals surface area contributed by atoms with Gasteiger partial charge in [0.05, 0.1) is 18.7 Å². The van der Waals surface area contributed by atoms with Gasteiger partial charge < -0.3 is 14.8 Å². The van der Waals surface area contributed by atoms with Crippen LogP contribution in [0.25, 0.3) is 11.3 Å². The molecule has 0 saturated heterocycles. The molecule has 0 fully saturated rings. The lowest BCUT2D eigenvalue weighted by molar-refractivity contribution is -0.136. The van der Waals surface area contributed by atoms with E-state index in [-0.39, 0.29) is 6.42 Å². The van der Waals surface area contributed by atoms with Gasteiger partial charge in [-0.05, 0) is 39.7 Å². The van der Waals surface area contributed by atoms with E-state index in [0.29, 0.717) is 11.2 Å². The first-order chi connectivity index (χ1) is 9.63. The molecular weight excluding hydrogens is 324 g/mol. The third-order valence-electron chi connectivity index (χ3n) is 3.30. The maximum atomic E-state index is 10.7. The highest BCUT2D eigenvalue weighted by molar-refractivity contribution is 9.10. The summed E-state index contributed by atoms with van der Waals surface area (Å²) in [5, 5.41) is 8.81. The minimum atomic E-state index is -0.816. The number of aromatic nitrogens is 2. The van der Waals surface area contributed by atoms with E-state index >= 15 is 0 Å². The van der Waals surface area contributed by atoms with Crippen molar-refractivity contribution < 1.29 is 14.6 Å². The molecule has 0 bridgehead atoms. The smallest absolute Gasteiger partial charge is 0.303 e. The lowest BCUT2D eigenvalue weighted by Crippen LogP contribution is -1.99. The molecule has 3 rings (SSSR count). The summed E-state index contributed by atoms with van der Waals surface area (Å²) < 4.78 is 6.10. The Morgan fingerprint density at radius 1 is 1.50 bits per heavy atom. The molecule has 0 amide bonds. The number of halogens is 1. The Morgan fingerprint density at radius 2 is 2.35 bits per heavy atom. The van der Waals surface area contributed by atoms with E-state index in [4.69, 9.17) is 9.84 Å². The van der Waals surface area contributed by atoms with Crippen molar-refractivity contribution in [3.05, 3.63) is 34.2 Å². The van der Waals surface area contributed by atoms with Gasteiger partial charge in [0.2, 0.25) is 0 Å². The summed E-state index contributed by atoms with van der Waals surface area (Å²) >= 11 is 3.31. The van der Waals surface area contributed by atoms with Gasteiger partial charge in [0, 0.05) is 24.1 Å². The van der Waals surface area contributed by atoms with Crippen LogP contribution in [0.3, 0.4) is 0 Å². The molecule has 1 aliphatic rings. The number of H-pyrrole nitrogens is 1. The number of ether oxygens (including phenoxy) is 1. The fourth-order valence-corrected chi connectivity index (χ4v) is 2.78. The minimum Gasteiger partial charge on any atom is -0.493 e. The molecule has 2 aromatic rings. The SMILES string of the molecule is O=C(O)CCc1[nH]c(Br)nc1-c1ccc2c(c1)CCO2. The minimum absolute atomic E-state index is 0.0791. The first kappa shape index (κ1) is 13.2. The van der Waals surface area contributed by atoms with E-state index < -0.39 is 5.97 Å². The maximum Gasteiger partial charge on any atom is 0.303 e. The molecule has 1 aliphatic heterocycles. The Kier molecular flexibility index (Phi) is 3.48. The number of hydrogen-bond donors (Lipinski definition) is 2. The molecule has 0 aliphatic carbocycles. The van der Waals surface area contributed by atoms with Crippen molar-refractivity contribution in [1.29, 1.82) is 0 Å². The zero-order valence-corrected chi connectivity index (χ0v) is 12.2. The Hall–Kier alpha value is -1.82. The number of benzene rings is 1. The Labute approximate surface area is 124 Å². The molecule has 0 unspecified atom stereocenters. The van der Waals surface area contributed by atoms with Crippen LogP contribution in [0.4, 0.5) is 0 Å². The van der Waals surface area contributed by atoms with E-state index in [1.165, 1.54) is 5.56 Å². The molecule has 1 aromatic carbocycles. The third kappa shape index (κ3) is 2.56. The Balaban J connectivity index is 1.95. The van der Waals surface area contributed by atoms with Crippen molar-refractivity contribution in [1.82, 2.24) is 9.97 Å². The molecule has 6 heteroatoms. The molecular formula is C14H13BrN2O3. The van der Waals surface area contributed by atoms with E-state index in [0.717, 1.165) is 35.7 Å². The van der Waals surface area contributed by atoms with Crippen LogP contribution in [0.15, 0.2) is 22.9 Å². The van der Waals surface area contributed by atoms with Crippen molar-refractivity contribution in [3.63, 3.8) is 0 Å². The summed E-state index contributed by atoms with van der Waals surface area (Å²) in [4.78, 5) is 18.2. The summed E-state index contributed by atoms with van der Waals surface area (Å²) in [6.07, 6.45) is 1.41. The van der Waals surface area contributed by atoms with E-state index in [2.05, 4.69) is 32.0 Å². The molecule has 104 valence electrons. The van der Waals surface area contributed by atoms with E-state index in [1.54, 1.807) is 0 Å². The molecule has 0 radical (unpaired) electrons. The summed E-state index contributed by atoms with van der Waals surface area (Å²) in [5.41, 5.74) is 3.79. The molecule has 1 aromatic heterocycles. The monoisotopic (exact) mass is 336 g/mol. The lowest BCUT2D eigenvalue weighted by Gasteiger charge is -2.04. The number of rotatable bonds is 4. The summed E-state index contributed by atoms with van der Waals surface area (Å²) in [6.45, 7) is 0.717. The summed E-state index contributed by atoms with van der Waals surface area (Å²) in [6, 6.07) is 5.97. The molecule has 2 heterocycles. The van der Waals surface area contributed by atoms with Gasteiger partial charge in [-0.25, -0.2) is 4.98 Å². The number of nitrogens with zero attached hydrogens (tertiary/aromatic N) is 1. The second-order valence-electron chi connectivity index (χ2n) is 4.67. The summed E-state index contributed by atoms with van der Waals surface area (Å²) in [5.74, 6) is 0.111. The Morgan fingerprint density at radius 3 is 3.15 bits per heavy atom. The largest absolute Gasteiger partial charge is 0.493 e. The van der Waals surface area contributed by atoms with Crippen molar-refractivity contribution >= 4 is 21.9 Å². The van der Waals surface area contributed by atoms with Crippen LogP contribution < -0.4 is 4.74 Å². The third-order valence-corrected chi connectivity index (χ3v) is 3.68. The molecule has 2 N–H and O–H groups in total. The van der Waals surface area contributed by atoms with Gasteiger partial charge in [0.1, 0.15) is 5.75 Å². The average molecular weight is 337 g/mol. The normalized spacial score (nSPS) is 13.1. The van der Waals surface area contributed by atoms with Gasteiger partial charge in [-0.1, -0.05) is 0 Å². The second-order valence-corrected chi connectivity index (χ2v) is 5.42. The Bertz CT molecular complexity index is 666. The molecule has 5 nitrogen and oxygen atoms in total. The van der Waals surface area contributed by atoms with Crippen LogP contribution in [0.1, 0.15) is 17.7 Å². The first-order valence-electron chi connectivity index (χ1n) is 6.36. The van der Waals surface area contributed by atoms with Crippen LogP contribution in [-0.4, -0.2) is 27.7 Å². The zero-order chi connectivity index (χ0) is 14.1. The van der Waals surface area contributed by atoms with Crippen molar-refractivity contribution in [3.8, 4) is 17.0 Å². The molecule has 0 spiro atoms. The van der Waals surface area contributed by atoms with Crippen LogP contribution in [0.2, 0.25) is 0 Å². The highest BCUT2D eigenvalue weighted by Crippen LogP contribution is 2.32. The fraction of sp³-hybridized carbons (Fsp3) is 0.286. The number of aromatic amines is 1. The van der Waals surface area contributed by atoms with Gasteiger partial charge in [-0.15, -0.1) is 0 Å². The standard InChI is InChI=1S/C14H13BrN2O3/c15-14-16-10(2-4-12(18)19)13(17-14)9-1-3-11-8(7-9)5-6-20-11/h1,3,7H,2,4-6H2,(H,16,17)(H,18,19). The van der Waals surface area contributed by atoms with Crippen LogP contribution in [-0.2, 0) is 17.6 Å². The van der Waals surface area contributed by atoms with Gasteiger partial charge in [-0.2, -0.15) is 0 Å². The topological polar surface area (TPSA) is 75.2 Å². The number of carboxylic acids is 1. The number of hydrogen-bond acceptors (Lipinski definition) is 3. The number of nitrogens with one attached hydrogen (secondary N) is 1. The van der Waals surface area contributed by atoms with E-state index in [1.807, 2.05) is 12.1 Å². The average Bonchev–Trinajstić information content (AvgIpc) is 3.01. The predicted octanol–water partition coefficient (Wildman–Crippen LogP) is 2.79. The van der Waals surface area contributed by atoms with Crippen LogP contribution in [0.5, 0.6) is 5.75 Å². The van der Waals surface area contributed by atoms with Crippen molar-refractivity contribution in [2.75, 3.05) is 6.61 Å². The quantitative estimate of drug-likeness (QED) is 0.900. The number of carbonyl (C=O) groups is 1. The van der Waals surface area contributed by atoms with Gasteiger partial charge in [0.15, 0.2) is 4.73 Å². The lowest BCUT2D eigenvalue weighted by atomic mass is 10.0. The number of aryl methyl sites for hydroxylation is 1. The first-order valence-corrected chi connectivity index (χ1v) is 7.15. The van der Waals surface area contributed by atoms with Crippen LogP contribution >= 0.6 is 15.9 Å². The highest BCUT2D eigenvalue weighted by Gasteiger charge is 2.17. The van der Waals surface area contributed by atoms with Gasteiger partial charge in [0.25, 0.3) is 0 Å². The summed E-state index contributed by atoms with van der Waals surface area (Å²) in [7, 11) is 0. The number of aliphatic carboxylic acids is 1. The maximum absolute atomic E-state index is 10.7.